The Morgan fingerprint density at radius 2 is 1.80 bits per heavy atom. The summed E-state index contributed by atoms with van der Waals surface area (Å²) in [6.07, 6.45) is -10.9. The predicted molar refractivity (Wildman–Crippen MR) is 131 cm³/mol. The molecule has 4 bridgehead atoms. The summed E-state index contributed by atoms with van der Waals surface area (Å²) in [7, 11) is 0. The number of aromatic nitrogens is 3. The fourth-order valence-corrected chi connectivity index (χ4v) is 4.47. The number of rotatable bonds is 3. The molecule has 1 amide bonds. The minimum atomic E-state index is -5.19. The highest BCUT2D eigenvalue weighted by Crippen LogP contribution is 2.43. The smallest absolute Gasteiger partial charge is 0.416 e. The zero-order valence-corrected chi connectivity index (χ0v) is 21.6. The van der Waals surface area contributed by atoms with E-state index in [-0.39, 0.29) is 38.3 Å². The third kappa shape index (κ3) is 5.76. The lowest BCUT2D eigenvalue weighted by Crippen LogP contribution is -2.42. The Labute approximate surface area is 225 Å². The highest BCUT2D eigenvalue weighted by atomic mass is 19.4. The molecule has 0 fully saturated rings. The lowest BCUT2D eigenvalue weighted by atomic mass is 9.95. The molecular formula is C26H27F6N5O3. The van der Waals surface area contributed by atoms with Crippen LogP contribution < -0.4 is 5.73 Å². The molecule has 0 radical (unpaired) electrons. The van der Waals surface area contributed by atoms with E-state index in [4.69, 9.17) is 10.2 Å². The van der Waals surface area contributed by atoms with Crippen LogP contribution in [0.3, 0.4) is 0 Å². The number of anilines is 1. The van der Waals surface area contributed by atoms with Gasteiger partial charge in [-0.25, -0.2) is 4.98 Å². The second-order valence-corrected chi connectivity index (χ2v) is 10.0. The number of aliphatic hydroxyl groups is 1. The van der Waals surface area contributed by atoms with Gasteiger partial charge in [0.15, 0.2) is 5.69 Å². The van der Waals surface area contributed by atoms with Crippen LogP contribution in [0.5, 0.6) is 0 Å². The van der Waals surface area contributed by atoms with Crippen molar-refractivity contribution in [3.63, 3.8) is 0 Å². The molecule has 0 saturated carbocycles. The summed E-state index contributed by atoms with van der Waals surface area (Å²) in [5.41, 5.74) is 0.173. The molecule has 1 atom stereocenters. The monoisotopic (exact) mass is 571 g/mol. The molecule has 4 rings (SSSR count). The number of fused-ring (bicyclic) bond motifs is 5. The number of carbonyl (C=O) groups excluding carboxylic acids is 1. The van der Waals surface area contributed by atoms with Crippen molar-refractivity contribution in [1.29, 1.82) is 0 Å². The van der Waals surface area contributed by atoms with Crippen molar-refractivity contribution >= 4 is 11.6 Å². The van der Waals surface area contributed by atoms with Gasteiger partial charge in [0, 0.05) is 13.1 Å². The topological polar surface area (TPSA) is 118 Å². The van der Waals surface area contributed by atoms with Crippen molar-refractivity contribution < 1.29 is 40.7 Å². The molecule has 0 spiro atoms. The van der Waals surface area contributed by atoms with Crippen LogP contribution in [0, 0.1) is 0 Å². The maximum atomic E-state index is 14.0. The Bertz CT molecular complexity index is 1390. The van der Waals surface area contributed by atoms with Gasteiger partial charge in [-0.15, -0.1) is 10.2 Å². The highest BCUT2D eigenvalue weighted by molar-refractivity contribution is 5.95. The van der Waals surface area contributed by atoms with E-state index in [1.54, 1.807) is 12.1 Å². The van der Waals surface area contributed by atoms with Gasteiger partial charge in [-0.1, -0.05) is 44.5 Å². The van der Waals surface area contributed by atoms with Crippen LogP contribution in [0.15, 0.2) is 34.7 Å². The standard InChI is InChI=1S/C26H27F6N5O3/c1-14(2)16-8-6-7-15(11-16)13-37-10-5-3-4-9-24(39,26(30,31)32)23-36-35-21(40-23)20-18(33)12-17(25(27,28)29)19(34-20)22(37)38/h6-8,11-12,14,39H,3-5,9-10,13,33H2,1-2H3/t24-/m1/s1. The van der Waals surface area contributed by atoms with Crippen molar-refractivity contribution in [3.05, 3.63) is 58.6 Å². The maximum Gasteiger partial charge on any atom is 0.426 e. The predicted octanol–water partition coefficient (Wildman–Crippen LogP) is 5.82. The Balaban J connectivity index is 1.86. The van der Waals surface area contributed by atoms with Crippen LogP contribution in [-0.4, -0.2) is 43.8 Å². The van der Waals surface area contributed by atoms with E-state index in [1.807, 2.05) is 26.0 Å². The zero-order valence-electron chi connectivity index (χ0n) is 21.6. The van der Waals surface area contributed by atoms with Gasteiger partial charge in [0.05, 0.1) is 11.3 Å². The van der Waals surface area contributed by atoms with Crippen molar-refractivity contribution in [2.45, 2.75) is 69.9 Å². The van der Waals surface area contributed by atoms with E-state index in [9.17, 15) is 36.2 Å². The van der Waals surface area contributed by atoms with Crippen LogP contribution in [0.1, 0.15) is 78.5 Å². The summed E-state index contributed by atoms with van der Waals surface area (Å²) in [4.78, 5) is 18.6. The number of benzene rings is 1. The Morgan fingerprint density at radius 1 is 1.07 bits per heavy atom. The molecule has 2 aromatic heterocycles. The van der Waals surface area contributed by atoms with Crippen LogP contribution in [-0.2, 0) is 18.3 Å². The molecule has 0 unspecified atom stereocenters. The number of nitrogens with two attached hydrogens (primary N) is 1. The Hall–Kier alpha value is -3.68. The van der Waals surface area contributed by atoms with E-state index >= 15 is 0 Å². The van der Waals surface area contributed by atoms with E-state index in [2.05, 4.69) is 15.2 Å². The molecule has 216 valence electrons. The van der Waals surface area contributed by atoms with Crippen LogP contribution in [0.2, 0.25) is 0 Å². The van der Waals surface area contributed by atoms with E-state index in [0.29, 0.717) is 11.6 Å². The lowest BCUT2D eigenvalue weighted by Gasteiger charge is -2.28. The fraction of sp³-hybridized carbons (Fsp3) is 0.462. The molecule has 3 N–H and O–H groups in total. The lowest BCUT2D eigenvalue weighted by molar-refractivity contribution is -0.277. The fourth-order valence-electron chi connectivity index (χ4n) is 4.47. The van der Waals surface area contributed by atoms with Gasteiger partial charge >= 0.3 is 12.4 Å². The normalized spacial score (nSPS) is 19.1. The van der Waals surface area contributed by atoms with Crippen LogP contribution in [0.25, 0.3) is 11.6 Å². The third-order valence-corrected chi connectivity index (χ3v) is 6.76. The zero-order chi connectivity index (χ0) is 29.5. The molecule has 1 aromatic carbocycles. The number of hydrogen-bond acceptors (Lipinski definition) is 7. The minimum Gasteiger partial charge on any atom is -0.416 e. The Morgan fingerprint density at radius 3 is 2.45 bits per heavy atom. The van der Waals surface area contributed by atoms with Gasteiger partial charge in [-0.3, -0.25) is 4.79 Å². The molecule has 0 aliphatic carbocycles. The first-order chi connectivity index (χ1) is 18.6. The highest BCUT2D eigenvalue weighted by Gasteiger charge is 2.58. The molecular weight excluding hydrogens is 544 g/mol. The number of alkyl halides is 6. The van der Waals surface area contributed by atoms with Gasteiger partial charge in [-0.2, -0.15) is 26.3 Å². The summed E-state index contributed by atoms with van der Waals surface area (Å²) < 4.78 is 88.9. The van der Waals surface area contributed by atoms with E-state index in [1.165, 1.54) is 0 Å². The molecule has 8 nitrogen and oxygen atoms in total. The Kier molecular flexibility index (Phi) is 7.85. The number of halogens is 6. The number of pyridine rings is 1. The summed E-state index contributed by atoms with van der Waals surface area (Å²) in [5, 5.41) is 17.3. The molecule has 14 heteroatoms. The molecule has 0 saturated heterocycles. The second-order valence-electron chi connectivity index (χ2n) is 10.0. The summed E-state index contributed by atoms with van der Waals surface area (Å²) in [6, 6.07) is 7.67. The van der Waals surface area contributed by atoms with Gasteiger partial charge in [0.1, 0.15) is 5.69 Å². The van der Waals surface area contributed by atoms with Crippen molar-refractivity contribution in [1.82, 2.24) is 20.1 Å². The van der Waals surface area contributed by atoms with E-state index < -0.39 is 64.7 Å². The molecule has 1 aliphatic heterocycles. The molecule has 3 aromatic rings. The van der Waals surface area contributed by atoms with Gasteiger partial charge < -0.3 is 20.2 Å². The number of carbonyl (C=O) groups is 1. The summed E-state index contributed by atoms with van der Waals surface area (Å²) in [6.45, 7) is 3.78. The summed E-state index contributed by atoms with van der Waals surface area (Å²) >= 11 is 0. The van der Waals surface area contributed by atoms with Crippen molar-refractivity contribution in [3.8, 4) is 11.6 Å². The first-order valence-electron chi connectivity index (χ1n) is 12.5. The number of nitrogens with zero attached hydrogens (tertiary/aromatic N) is 4. The molecule has 1 aliphatic rings. The van der Waals surface area contributed by atoms with Crippen molar-refractivity contribution in [2.75, 3.05) is 12.3 Å². The quantitative estimate of drug-likeness (QED) is 0.380. The largest absolute Gasteiger partial charge is 0.426 e. The van der Waals surface area contributed by atoms with Gasteiger partial charge in [-0.05, 0) is 42.4 Å². The average molecular weight is 572 g/mol. The van der Waals surface area contributed by atoms with E-state index in [0.717, 1.165) is 10.5 Å². The van der Waals surface area contributed by atoms with Crippen molar-refractivity contribution in [2.24, 2.45) is 0 Å². The van der Waals surface area contributed by atoms with Gasteiger partial charge in [0.2, 0.25) is 5.60 Å². The summed E-state index contributed by atoms with van der Waals surface area (Å²) in [5.74, 6) is -2.87. The number of amides is 1. The third-order valence-electron chi connectivity index (χ3n) is 6.76. The second kappa shape index (κ2) is 10.7. The molecule has 40 heavy (non-hydrogen) atoms. The minimum absolute atomic E-state index is 0.0741. The van der Waals surface area contributed by atoms with Crippen LogP contribution in [0.4, 0.5) is 32.0 Å². The number of nitrogen functional groups attached to an aromatic ring is 1. The first-order valence-corrected chi connectivity index (χ1v) is 12.5. The SMILES string of the molecule is CC(C)c1cccc(CN2CCCCC[C@](O)(C(F)(F)F)c3nnc(o3)-c3nc(c(C(F)(F)F)cc3N)C2=O)c1. The van der Waals surface area contributed by atoms with Gasteiger partial charge in [0.25, 0.3) is 17.7 Å². The van der Waals surface area contributed by atoms with Crippen LogP contribution >= 0.6 is 0 Å². The first kappa shape index (κ1) is 29.3. The maximum absolute atomic E-state index is 14.0. The number of hydrogen-bond donors (Lipinski definition) is 2. The molecule has 3 heterocycles. The average Bonchev–Trinajstić information content (AvgIpc) is 3.36.